The molecule has 1 amide bonds. The summed E-state index contributed by atoms with van der Waals surface area (Å²) >= 11 is 0. The van der Waals surface area contributed by atoms with Crippen LogP contribution in [0.5, 0.6) is 0 Å². The third kappa shape index (κ3) is 2.30. The summed E-state index contributed by atoms with van der Waals surface area (Å²) in [4.78, 5) is 21.3. The highest BCUT2D eigenvalue weighted by molar-refractivity contribution is 6.00. The number of hydrogen-bond donors (Lipinski definition) is 0. The van der Waals surface area contributed by atoms with E-state index in [-0.39, 0.29) is 24.0 Å². The predicted octanol–water partition coefficient (Wildman–Crippen LogP) is 3.03. The van der Waals surface area contributed by atoms with Crippen LogP contribution in [0.15, 0.2) is 59.6 Å². The molecule has 0 spiro atoms. The fraction of sp³-hybridized carbons (Fsp3) is 0.300. The van der Waals surface area contributed by atoms with Gasteiger partial charge in [-0.15, -0.1) is 0 Å². The molecule has 2 heterocycles. The number of hydrogen-bond acceptors (Lipinski definition) is 4. The molecule has 2 aromatic rings. The molecule has 128 valence electrons. The van der Waals surface area contributed by atoms with Crippen LogP contribution in [0, 0.1) is 0 Å². The second-order valence-corrected chi connectivity index (χ2v) is 6.45. The van der Waals surface area contributed by atoms with Crippen molar-refractivity contribution in [3.63, 3.8) is 0 Å². The molecule has 0 saturated carbocycles. The highest BCUT2D eigenvalue weighted by Gasteiger charge is 2.50. The van der Waals surface area contributed by atoms with Gasteiger partial charge in [-0.05, 0) is 17.7 Å². The van der Waals surface area contributed by atoms with Gasteiger partial charge < -0.3 is 9.64 Å². The van der Waals surface area contributed by atoms with Crippen molar-refractivity contribution in [3.8, 4) is 0 Å². The van der Waals surface area contributed by atoms with Crippen molar-refractivity contribution in [2.45, 2.75) is 25.0 Å². The SMILES string of the molecule is COC1=N[C@@H]2[C@H]([C@@H]1c1ccccc1)N(C)c1ccccc1N2C(C)=O. The molecule has 2 aromatic carbocycles. The summed E-state index contributed by atoms with van der Waals surface area (Å²) in [6.07, 6.45) is -0.294. The van der Waals surface area contributed by atoms with Crippen LogP contribution < -0.4 is 9.80 Å². The zero-order chi connectivity index (χ0) is 17.6. The molecule has 5 heteroatoms. The highest BCUT2D eigenvalue weighted by Crippen LogP contribution is 2.45. The maximum Gasteiger partial charge on any atom is 0.225 e. The summed E-state index contributed by atoms with van der Waals surface area (Å²) in [7, 11) is 3.72. The molecule has 0 N–H and O–H groups in total. The van der Waals surface area contributed by atoms with Crippen molar-refractivity contribution >= 4 is 23.2 Å². The van der Waals surface area contributed by atoms with Gasteiger partial charge in [-0.3, -0.25) is 9.69 Å². The van der Waals surface area contributed by atoms with Gasteiger partial charge in [0.1, 0.15) is 0 Å². The molecule has 5 nitrogen and oxygen atoms in total. The predicted molar refractivity (Wildman–Crippen MR) is 99.2 cm³/mol. The Morgan fingerprint density at radius 2 is 1.68 bits per heavy atom. The molecule has 2 aliphatic heterocycles. The van der Waals surface area contributed by atoms with E-state index < -0.39 is 0 Å². The van der Waals surface area contributed by atoms with Crippen LogP contribution in [0.1, 0.15) is 18.4 Å². The molecule has 3 atom stereocenters. The van der Waals surface area contributed by atoms with Gasteiger partial charge in [0.25, 0.3) is 0 Å². The summed E-state index contributed by atoms with van der Waals surface area (Å²) < 4.78 is 5.63. The minimum absolute atomic E-state index is 0.00356. The third-order valence-electron chi connectivity index (χ3n) is 5.11. The third-order valence-corrected chi connectivity index (χ3v) is 5.11. The van der Waals surface area contributed by atoms with E-state index in [1.165, 1.54) is 0 Å². The molecule has 0 aromatic heterocycles. The number of methoxy groups -OCH3 is 1. The van der Waals surface area contributed by atoms with E-state index in [9.17, 15) is 4.79 Å². The Bertz CT molecular complexity index is 834. The Morgan fingerprint density at radius 3 is 2.32 bits per heavy atom. The second kappa shape index (κ2) is 5.92. The largest absolute Gasteiger partial charge is 0.484 e. The molecule has 0 bridgehead atoms. The molecule has 4 rings (SSSR count). The molecule has 0 fully saturated rings. The number of rotatable bonds is 1. The lowest BCUT2D eigenvalue weighted by atomic mass is 9.88. The van der Waals surface area contributed by atoms with Crippen LogP contribution >= 0.6 is 0 Å². The molecule has 2 aliphatic rings. The van der Waals surface area contributed by atoms with E-state index in [0.717, 1.165) is 16.9 Å². The van der Waals surface area contributed by atoms with Crippen molar-refractivity contribution in [1.29, 1.82) is 0 Å². The number of aliphatic imine (C=N–C) groups is 1. The summed E-state index contributed by atoms with van der Waals surface area (Å²) in [5, 5.41) is 0. The van der Waals surface area contributed by atoms with E-state index in [1.807, 2.05) is 42.5 Å². The Morgan fingerprint density at radius 1 is 1.04 bits per heavy atom. The first kappa shape index (κ1) is 15.7. The lowest BCUT2D eigenvalue weighted by molar-refractivity contribution is -0.117. The quantitative estimate of drug-likeness (QED) is 0.805. The van der Waals surface area contributed by atoms with Crippen LogP contribution in [-0.2, 0) is 9.53 Å². The van der Waals surface area contributed by atoms with E-state index in [0.29, 0.717) is 5.90 Å². The average Bonchev–Trinajstić information content (AvgIpc) is 3.02. The van der Waals surface area contributed by atoms with Crippen LogP contribution in [0.2, 0.25) is 0 Å². The number of likely N-dealkylation sites (N-methyl/N-ethyl adjacent to an activating group) is 1. The van der Waals surface area contributed by atoms with Gasteiger partial charge >= 0.3 is 0 Å². The van der Waals surface area contributed by atoms with Crippen molar-refractivity contribution in [3.05, 3.63) is 60.2 Å². The maximum atomic E-state index is 12.4. The van der Waals surface area contributed by atoms with Crippen molar-refractivity contribution in [1.82, 2.24) is 0 Å². The lowest BCUT2D eigenvalue weighted by Crippen LogP contribution is -2.56. The first-order chi connectivity index (χ1) is 12.1. The molecule has 0 radical (unpaired) electrons. The molecule has 0 unspecified atom stereocenters. The normalized spacial score (nSPS) is 24.4. The highest BCUT2D eigenvalue weighted by atomic mass is 16.5. The number of amides is 1. The Labute approximate surface area is 147 Å². The number of nitrogens with zero attached hydrogens (tertiary/aromatic N) is 3. The summed E-state index contributed by atoms with van der Waals surface area (Å²) in [5.41, 5.74) is 3.07. The van der Waals surface area contributed by atoms with Gasteiger partial charge in [0, 0.05) is 14.0 Å². The van der Waals surface area contributed by atoms with Crippen molar-refractivity contribution in [2.75, 3.05) is 24.0 Å². The van der Waals surface area contributed by atoms with E-state index >= 15 is 0 Å². The molecular weight excluding hydrogens is 314 g/mol. The fourth-order valence-corrected chi connectivity index (χ4v) is 4.04. The number of carbonyl (C=O) groups is 1. The Balaban J connectivity index is 1.88. The van der Waals surface area contributed by atoms with E-state index in [1.54, 1.807) is 18.9 Å². The Hall–Kier alpha value is -2.82. The van der Waals surface area contributed by atoms with Crippen LogP contribution in [0.4, 0.5) is 11.4 Å². The summed E-state index contributed by atoms with van der Waals surface area (Å²) in [6, 6.07) is 18.2. The minimum Gasteiger partial charge on any atom is -0.484 e. The number of carbonyl (C=O) groups excluding carboxylic acids is 1. The molecule has 0 saturated heterocycles. The fourth-order valence-electron chi connectivity index (χ4n) is 4.04. The number of ether oxygens (including phenoxy) is 1. The second-order valence-electron chi connectivity index (χ2n) is 6.45. The maximum absolute atomic E-state index is 12.4. The lowest BCUT2D eigenvalue weighted by Gasteiger charge is -2.45. The molecule has 25 heavy (non-hydrogen) atoms. The van der Waals surface area contributed by atoms with E-state index in [2.05, 4.69) is 24.1 Å². The average molecular weight is 335 g/mol. The zero-order valence-corrected chi connectivity index (χ0v) is 14.6. The van der Waals surface area contributed by atoms with Gasteiger partial charge in [0.2, 0.25) is 5.91 Å². The van der Waals surface area contributed by atoms with Crippen LogP contribution in [0.3, 0.4) is 0 Å². The number of para-hydroxylation sites is 2. The van der Waals surface area contributed by atoms with Gasteiger partial charge in [0.05, 0.1) is 30.4 Å². The molecule has 0 aliphatic carbocycles. The van der Waals surface area contributed by atoms with Gasteiger partial charge in [-0.1, -0.05) is 42.5 Å². The van der Waals surface area contributed by atoms with Crippen molar-refractivity contribution in [2.24, 2.45) is 4.99 Å². The Kier molecular flexibility index (Phi) is 3.71. The molecular formula is C20H21N3O2. The van der Waals surface area contributed by atoms with Crippen LogP contribution in [-0.4, -0.2) is 38.2 Å². The number of fused-ring (bicyclic) bond motifs is 2. The first-order valence-electron chi connectivity index (χ1n) is 8.41. The first-order valence-corrected chi connectivity index (χ1v) is 8.41. The van der Waals surface area contributed by atoms with Gasteiger partial charge in [0.15, 0.2) is 12.1 Å². The zero-order valence-electron chi connectivity index (χ0n) is 14.6. The van der Waals surface area contributed by atoms with Gasteiger partial charge in [-0.25, -0.2) is 4.99 Å². The van der Waals surface area contributed by atoms with Gasteiger partial charge in [-0.2, -0.15) is 0 Å². The minimum atomic E-state index is -0.294. The topological polar surface area (TPSA) is 45.1 Å². The standard InChI is InChI=1S/C20H21N3O2/c1-13(24)23-16-12-8-7-11-15(16)22(2)18-17(14-9-5-4-6-10-14)20(25-3)21-19(18)23/h4-12,17-19H,1-3H3/t17-,18-,19-/m0/s1. The summed E-state index contributed by atoms with van der Waals surface area (Å²) in [5.74, 6) is 0.645. The number of benzene rings is 2. The van der Waals surface area contributed by atoms with Crippen molar-refractivity contribution < 1.29 is 9.53 Å². The van der Waals surface area contributed by atoms with Crippen LogP contribution in [0.25, 0.3) is 0 Å². The number of anilines is 2. The van der Waals surface area contributed by atoms with E-state index in [4.69, 9.17) is 9.73 Å². The smallest absolute Gasteiger partial charge is 0.225 e. The monoisotopic (exact) mass is 335 g/mol. The summed E-state index contributed by atoms with van der Waals surface area (Å²) in [6.45, 7) is 1.59.